The van der Waals surface area contributed by atoms with Crippen LogP contribution in [0, 0.1) is 19.7 Å². The molecule has 0 radical (unpaired) electrons. The zero-order valence-corrected chi connectivity index (χ0v) is 24.3. The van der Waals surface area contributed by atoms with Gasteiger partial charge in [-0.15, -0.1) is 0 Å². The van der Waals surface area contributed by atoms with Crippen LogP contribution in [-0.2, 0) is 17.4 Å². The third kappa shape index (κ3) is 6.16. The van der Waals surface area contributed by atoms with Gasteiger partial charge in [0.05, 0.1) is 11.7 Å². The second-order valence-corrected chi connectivity index (χ2v) is 11.7. The van der Waals surface area contributed by atoms with Crippen LogP contribution in [0.15, 0.2) is 47.4 Å². The number of halogens is 1. The van der Waals surface area contributed by atoms with Crippen molar-refractivity contribution in [3.05, 3.63) is 75.5 Å². The number of rotatable bonds is 7. The minimum absolute atomic E-state index is 0.127. The van der Waals surface area contributed by atoms with E-state index in [1.165, 1.54) is 22.8 Å². The number of pyridine rings is 1. The second-order valence-electron chi connectivity index (χ2n) is 11.7. The first kappa shape index (κ1) is 28.8. The van der Waals surface area contributed by atoms with E-state index >= 15 is 0 Å². The molecular weight excluding hydrogens is 525 g/mol. The van der Waals surface area contributed by atoms with Crippen molar-refractivity contribution in [3.63, 3.8) is 0 Å². The van der Waals surface area contributed by atoms with Crippen molar-refractivity contribution in [1.82, 2.24) is 15.0 Å². The summed E-state index contributed by atoms with van der Waals surface area (Å²) < 4.78 is 28.4. The van der Waals surface area contributed by atoms with Crippen LogP contribution in [-0.4, -0.2) is 39.3 Å². The van der Waals surface area contributed by atoms with E-state index in [-0.39, 0.29) is 29.4 Å². The Hall–Kier alpha value is -3.69. The predicted octanol–water partition coefficient (Wildman–Crippen LogP) is 5.25. The third-order valence-corrected chi connectivity index (χ3v) is 8.00. The molecule has 0 spiro atoms. The highest BCUT2D eigenvalue weighted by atomic mass is 19.1. The van der Waals surface area contributed by atoms with Crippen molar-refractivity contribution in [2.24, 2.45) is 7.05 Å². The molecule has 1 aliphatic carbocycles. The number of hydrogen-bond acceptors (Lipinski definition) is 6. The average molecular weight is 564 g/mol. The van der Waals surface area contributed by atoms with Gasteiger partial charge in [-0.25, -0.2) is 9.82 Å². The molecule has 1 saturated heterocycles. The lowest BCUT2D eigenvalue weighted by atomic mass is 9.92. The largest absolute Gasteiger partial charge is 0.490 e. The van der Waals surface area contributed by atoms with Crippen molar-refractivity contribution in [1.29, 1.82) is 0 Å². The number of hydrazine groups is 1. The first-order valence-corrected chi connectivity index (χ1v) is 14.2. The highest BCUT2D eigenvalue weighted by molar-refractivity contribution is 5.78. The monoisotopic (exact) mass is 563 g/mol. The third-order valence-electron chi connectivity index (χ3n) is 8.00. The Morgan fingerprint density at radius 3 is 2.27 bits per heavy atom. The highest BCUT2D eigenvalue weighted by Gasteiger charge is 2.33. The van der Waals surface area contributed by atoms with E-state index in [4.69, 9.17) is 9.47 Å². The van der Waals surface area contributed by atoms with E-state index < -0.39 is 5.60 Å². The van der Waals surface area contributed by atoms with Crippen LogP contribution in [0.25, 0.3) is 11.1 Å². The molecule has 2 N–H and O–H groups in total. The van der Waals surface area contributed by atoms with Crippen molar-refractivity contribution in [3.8, 4) is 28.4 Å². The molecule has 8 nitrogen and oxygen atoms in total. The van der Waals surface area contributed by atoms with Crippen molar-refractivity contribution >= 4 is 5.91 Å². The number of aromatic nitrogens is 1. The number of carbonyl (C=O) groups is 1. The Morgan fingerprint density at radius 2 is 1.66 bits per heavy atom. The molecule has 1 aliphatic heterocycles. The lowest BCUT2D eigenvalue weighted by Gasteiger charge is -2.34. The summed E-state index contributed by atoms with van der Waals surface area (Å²) in [7, 11) is 1.68. The van der Waals surface area contributed by atoms with Gasteiger partial charge in [0, 0.05) is 49.4 Å². The first-order chi connectivity index (χ1) is 19.4. The van der Waals surface area contributed by atoms with Crippen LogP contribution in [0.2, 0.25) is 0 Å². The van der Waals surface area contributed by atoms with Gasteiger partial charge < -0.3 is 19.1 Å². The molecule has 2 aliphatic rings. The second kappa shape index (κ2) is 11.3. The summed E-state index contributed by atoms with van der Waals surface area (Å²) in [6, 6.07) is 9.90. The van der Waals surface area contributed by atoms with Gasteiger partial charge in [-0.2, -0.15) is 0 Å². The predicted molar refractivity (Wildman–Crippen MR) is 154 cm³/mol. The average Bonchev–Trinajstić information content (AvgIpc) is 3.34. The summed E-state index contributed by atoms with van der Waals surface area (Å²) in [5.74, 6) is 1.26. The molecule has 9 heteroatoms. The minimum Gasteiger partial charge on any atom is -0.490 e. The van der Waals surface area contributed by atoms with Crippen LogP contribution in [0.3, 0.4) is 0 Å². The molecule has 2 heterocycles. The van der Waals surface area contributed by atoms with Crippen molar-refractivity contribution in [2.75, 3.05) is 6.54 Å². The summed E-state index contributed by atoms with van der Waals surface area (Å²) >= 11 is 0. The molecule has 3 aromatic rings. The first-order valence-electron chi connectivity index (χ1n) is 14.2. The zero-order valence-electron chi connectivity index (χ0n) is 24.3. The van der Waals surface area contributed by atoms with Crippen LogP contribution < -0.4 is 20.5 Å². The van der Waals surface area contributed by atoms with E-state index in [0.717, 1.165) is 25.7 Å². The number of aryl methyl sites for hydroxylation is 3. The molecular formula is C32H38FN3O5. The van der Waals surface area contributed by atoms with Gasteiger partial charge in [-0.05, 0) is 94.3 Å². The summed E-state index contributed by atoms with van der Waals surface area (Å²) in [6.45, 7) is 7.67. The number of hydrogen-bond donors (Lipinski definition) is 2. The number of nitrogens with one attached hydrogen (secondary N) is 1. The quantitative estimate of drug-likeness (QED) is 0.408. The Morgan fingerprint density at radius 1 is 0.976 bits per heavy atom. The molecule has 1 amide bonds. The SMILES string of the molecule is Cc1cc(F)cc(C)c1Oc1ccc(C(C)(C)O)cc1-c1cn(C)c(=O)cc1O[C@H]1CC[C@H](N2NCCC2=O)CC1. The smallest absolute Gasteiger partial charge is 0.254 e. The van der Waals surface area contributed by atoms with Crippen molar-refractivity contribution < 1.29 is 23.8 Å². The van der Waals surface area contributed by atoms with Gasteiger partial charge in [0.2, 0.25) is 5.91 Å². The lowest BCUT2D eigenvalue weighted by molar-refractivity contribution is -0.133. The Balaban J connectivity index is 1.51. The Bertz CT molecular complexity index is 1500. The maximum Gasteiger partial charge on any atom is 0.254 e. The molecule has 0 atom stereocenters. The molecule has 218 valence electrons. The fourth-order valence-corrected chi connectivity index (χ4v) is 5.72. The lowest BCUT2D eigenvalue weighted by Crippen LogP contribution is -2.46. The number of carbonyl (C=O) groups excluding carboxylic acids is 1. The topological polar surface area (TPSA) is 93.0 Å². The van der Waals surface area contributed by atoms with Gasteiger partial charge >= 0.3 is 0 Å². The minimum atomic E-state index is -1.13. The molecule has 2 fully saturated rings. The van der Waals surface area contributed by atoms with E-state index in [9.17, 15) is 19.1 Å². The molecule has 41 heavy (non-hydrogen) atoms. The van der Waals surface area contributed by atoms with Gasteiger partial charge in [0.15, 0.2) is 0 Å². The van der Waals surface area contributed by atoms with Crippen molar-refractivity contribution in [2.45, 2.75) is 77.5 Å². The number of aliphatic hydroxyl groups is 1. The Labute approximate surface area is 239 Å². The van der Waals surface area contributed by atoms with Gasteiger partial charge in [-0.1, -0.05) is 6.07 Å². The van der Waals surface area contributed by atoms with E-state index in [0.29, 0.717) is 58.0 Å². The summed E-state index contributed by atoms with van der Waals surface area (Å²) in [4.78, 5) is 25.0. The summed E-state index contributed by atoms with van der Waals surface area (Å²) in [6.07, 6.45) is 5.20. The Kier molecular flexibility index (Phi) is 7.94. The standard InChI is InChI=1S/C32H38FN3O5/c1-19-14-22(33)15-20(2)31(19)41-27-11-6-21(32(3,4)39)16-25(27)26-18-35(5)30(38)17-28(26)40-24-9-7-23(8-10-24)36-29(37)12-13-34-36/h6,11,14-18,23-24,34,39H,7-10,12-13H2,1-5H3/t23-,24-. The molecule has 1 saturated carbocycles. The molecule has 2 aromatic carbocycles. The van der Waals surface area contributed by atoms with Gasteiger partial charge in [0.1, 0.15) is 23.1 Å². The van der Waals surface area contributed by atoms with E-state index in [1.54, 1.807) is 58.1 Å². The molecule has 1 aromatic heterocycles. The van der Waals surface area contributed by atoms with Crippen LogP contribution >= 0.6 is 0 Å². The molecule has 5 rings (SSSR count). The summed E-state index contributed by atoms with van der Waals surface area (Å²) in [5, 5.41) is 12.6. The van der Waals surface area contributed by atoms with Gasteiger partial charge in [-0.3, -0.25) is 14.6 Å². The normalized spacial score (nSPS) is 19.5. The number of amides is 1. The van der Waals surface area contributed by atoms with Crippen LogP contribution in [0.1, 0.15) is 62.6 Å². The highest BCUT2D eigenvalue weighted by Crippen LogP contribution is 2.42. The number of ether oxygens (including phenoxy) is 2. The van der Waals surface area contributed by atoms with Gasteiger partial charge in [0.25, 0.3) is 5.56 Å². The van der Waals surface area contributed by atoms with E-state index in [1.807, 2.05) is 6.07 Å². The number of benzene rings is 2. The van der Waals surface area contributed by atoms with Crippen LogP contribution in [0.4, 0.5) is 4.39 Å². The molecule has 0 bridgehead atoms. The fraction of sp³-hybridized carbons (Fsp3) is 0.438. The van der Waals surface area contributed by atoms with E-state index in [2.05, 4.69) is 5.43 Å². The zero-order chi connectivity index (χ0) is 29.5. The summed E-state index contributed by atoms with van der Waals surface area (Å²) in [5.41, 5.74) is 5.09. The molecule has 0 unspecified atom stereocenters. The number of nitrogens with zero attached hydrogens (tertiary/aromatic N) is 2. The maximum atomic E-state index is 14.0. The fourth-order valence-electron chi connectivity index (χ4n) is 5.72. The maximum absolute atomic E-state index is 14.0. The van der Waals surface area contributed by atoms with Crippen LogP contribution in [0.5, 0.6) is 17.2 Å².